The van der Waals surface area contributed by atoms with Crippen LogP contribution in [0, 0.1) is 5.92 Å². The van der Waals surface area contributed by atoms with Crippen molar-refractivity contribution in [1.82, 2.24) is 5.32 Å². The number of hydrogen-bond acceptors (Lipinski definition) is 2. The zero-order valence-electron chi connectivity index (χ0n) is 9.49. The molecule has 2 unspecified atom stereocenters. The van der Waals surface area contributed by atoms with Crippen molar-refractivity contribution in [2.75, 3.05) is 0 Å². The van der Waals surface area contributed by atoms with Crippen molar-refractivity contribution < 1.29 is 5.11 Å². The second-order valence-electron chi connectivity index (χ2n) is 4.97. The van der Waals surface area contributed by atoms with Crippen molar-refractivity contribution in [3.63, 3.8) is 0 Å². The molecule has 0 bridgehead atoms. The summed E-state index contributed by atoms with van der Waals surface area (Å²) in [6.07, 6.45) is 14.1. The third kappa shape index (κ3) is 3.32. The van der Waals surface area contributed by atoms with Gasteiger partial charge in [0.05, 0.1) is 0 Å². The molecule has 1 fully saturated rings. The normalized spacial score (nSPS) is 30.3. The van der Waals surface area contributed by atoms with E-state index in [9.17, 15) is 5.11 Å². The van der Waals surface area contributed by atoms with Gasteiger partial charge in [-0.2, -0.15) is 0 Å². The highest BCUT2D eigenvalue weighted by Gasteiger charge is 2.22. The number of allylic oxidation sites excluding steroid dienone is 1. The van der Waals surface area contributed by atoms with E-state index in [1.54, 1.807) is 0 Å². The molecule has 0 spiro atoms. The average Bonchev–Trinajstić information content (AvgIpc) is 2.31. The van der Waals surface area contributed by atoms with Crippen LogP contribution in [-0.4, -0.2) is 17.4 Å². The van der Waals surface area contributed by atoms with Crippen molar-refractivity contribution in [2.24, 2.45) is 5.92 Å². The number of rotatable bonds is 3. The van der Waals surface area contributed by atoms with Crippen LogP contribution in [0.2, 0.25) is 0 Å². The molecule has 0 aromatic carbocycles. The van der Waals surface area contributed by atoms with Crippen LogP contribution in [0.5, 0.6) is 0 Å². The Hall–Kier alpha value is -0.340. The van der Waals surface area contributed by atoms with E-state index in [1.165, 1.54) is 44.9 Å². The summed E-state index contributed by atoms with van der Waals surface area (Å²) in [5, 5.41) is 13.5. The largest absolute Gasteiger partial charge is 0.378 e. The predicted octanol–water partition coefficient (Wildman–Crippen LogP) is 2.58. The minimum Gasteiger partial charge on any atom is -0.378 e. The first kappa shape index (κ1) is 11.2. The van der Waals surface area contributed by atoms with Gasteiger partial charge in [0.25, 0.3) is 0 Å². The highest BCUT2D eigenvalue weighted by molar-refractivity contribution is 4.96. The lowest BCUT2D eigenvalue weighted by atomic mass is 9.91. The van der Waals surface area contributed by atoms with Gasteiger partial charge >= 0.3 is 0 Å². The standard InChI is InChI=1S/C13H23NO/c15-13(11-7-3-1-4-8-11)14-12-9-5-2-6-10-12/h3,7,11-15H,1-2,4-6,8-10H2. The molecule has 0 aromatic rings. The molecular formula is C13H23NO. The molecule has 86 valence electrons. The highest BCUT2D eigenvalue weighted by Crippen LogP contribution is 2.22. The molecule has 2 nitrogen and oxygen atoms in total. The van der Waals surface area contributed by atoms with Crippen LogP contribution in [0.4, 0.5) is 0 Å². The van der Waals surface area contributed by atoms with Crippen molar-refractivity contribution in [3.8, 4) is 0 Å². The minimum absolute atomic E-state index is 0.315. The number of hydrogen-bond donors (Lipinski definition) is 2. The first-order chi connectivity index (χ1) is 7.36. The minimum atomic E-state index is -0.315. The van der Waals surface area contributed by atoms with E-state index in [0.29, 0.717) is 12.0 Å². The maximum absolute atomic E-state index is 10.1. The van der Waals surface area contributed by atoms with Crippen molar-refractivity contribution in [3.05, 3.63) is 12.2 Å². The number of aliphatic hydroxyl groups is 1. The molecule has 2 aliphatic rings. The van der Waals surface area contributed by atoms with E-state index < -0.39 is 0 Å². The molecule has 0 amide bonds. The lowest BCUT2D eigenvalue weighted by Gasteiger charge is -2.30. The molecule has 2 atom stereocenters. The van der Waals surface area contributed by atoms with Gasteiger partial charge in [0.2, 0.25) is 0 Å². The molecule has 2 N–H and O–H groups in total. The third-order valence-corrected chi connectivity index (χ3v) is 3.71. The van der Waals surface area contributed by atoms with Crippen LogP contribution in [0.15, 0.2) is 12.2 Å². The Balaban J connectivity index is 1.77. The number of nitrogens with one attached hydrogen (secondary N) is 1. The second-order valence-corrected chi connectivity index (χ2v) is 4.97. The van der Waals surface area contributed by atoms with E-state index in [1.807, 2.05) is 0 Å². The fraction of sp³-hybridized carbons (Fsp3) is 0.846. The quantitative estimate of drug-likeness (QED) is 0.553. The molecular weight excluding hydrogens is 186 g/mol. The van der Waals surface area contributed by atoms with Crippen LogP contribution in [0.3, 0.4) is 0 Å². The molecule has 0 aromatic heterocycles. The van der Waals surface area contributed by atoms with Gasteiger partial charge in [-0.25, -0.2) is 0 Å². The zero-order valence-corrected chi connectivity index (χ0v) is 9.49. The molecule has 0 heterocycles. The Labute approximate surface area is 92.8 Å². The van der Waals surface area contributed by atoms with Gasteiger partial charge in [-0.05, 0) is 32.1 Å². The average molecular weight is 209 g/mol. The fourth-order valence-corrected chi connectivity index (χ4v) is 2.74. The van der Waals surface area contributed by atoms with Crippen molar-refractivity contribution in [1.29, 1.82) is 0 Å². The van der Waals surface area contributed by atoms with Crippen molar-refractivity contribution >= 4 is 0 Å². The SMILES string of the molecule is OC(NC1CCCCC1)C1C=CCCC1. The van der Waals surface area contributed by atoms with Gasteiger partial charge in [0.1, 0.15) is 6.23 Å². The zero-order chi connectivity index (χ0) is 10.5. The topological polar surface area (TPSA) is 32.3 Å². The highest BCUT2D eigenvalue weighted by atomic mass is 16.3. The van der Waals surface area contributed by atoms with Gasteiger partial charge in [0.15, 0.2) is 0 Å². The van der Waals surface area contributed by atoms with Crippen LogP contribution < -0.4 is 5.32 Å². The van der Waals surface area contributed by atoms with Crippen LogP contribution in [-0.2, 0) is 0 Å². The Morgan fingerprint density at radius 3 is 2.53 bits per heavy atom. The first-order valence-corrected chi connectivity index (χ1v) is 6.47. The molecule has 2 aliphatic carbocycles. The van der Waals surface area contributed by atoms with E-state index in [2.05, 4.69) is 17.5 Å². The maximum Gasteiger partial charge on any atom is 0.111 e. The van der Waals surface area contributed by atoms with Crippen LogP contribution in [0.1, 0.15) is 51.4 Å². The van der Waals surface area contributed by atoms with Crippen LogP contribution >= 0.6 is 0 Å². The van der Waals surface area contributed by atoms with E-state index in [0.717, 1.165) is 6.42 Å². The smallest absolute Gasteiger partial charge is 0.111 e. The predicted molar refractivity (Wildman–Crippen MR) is 62.5 cm³/mol. The van der Waals surface area contributed by atoms with Crippen molar-refractivity contribution in [2.45, 2.75) is 63.6 Å². The molecule has 0 aliphatic heterocycles. The summed E-state index contributed by atoms with van der Waals surface area (Å²) in [5.41, 5.74) is 0. The molecule has 0 saturated heterocycles. The molecule has 15 heavy (non-hydrogen) atoms. The summed E-state index contributed by atoms with van der Waals surface area (Å²) in [6, 6.07) is 0.559. The molecule has 0 radical (unpaired) electrons. The monoisotopic (exact) mass is 209 g/mol. The summed E-state index contributed by atoms with van der Waals surface area (Å²) >= 11 is 0. The Bertz CT molecular complexity index is 209. The summed E-state index contributed by atoms with van der Waals surface area (Å²) in [4.78, 5) is 0. The van der Waals surface area contributed by atoms with Gasteiger partial charge in [-0.3, -0.25) is 5.32 Å². The number of aliphatic hydroxyl groups excluding tert-OH is 1. The fourth-order valence-electron chi connectivity index (χ4n) is 2.74. The third-order valence-electron chi connectivity index (χ3n) is 3.71. The Morgan fingerprint density at radius 2 is 1.87 bits per heavy atom. The van der Waals surface area contributed by atoms with Gasteiger partial charge in [-0.15, -0.1) is 0 Å². The first-order valence-electron chi connectivity index (χ1n) is 6.47. The summed E-state index contributed by atoms with van der Waals surface area (Å²) in [7, 11) is 0. The Morgan fingerprint density at radius 1 is 1.07 bits per heavy atom. The summed E-state index contributed by atoms with van der Waals surface area (Å²) < 4.78 is 0. The van der Waals surface area contributed by atoms with E-state index in [-0.39, 0.29) is 6.23 Å². The lowest BCUT2D eigenvalue weighted by Crippen LogP contribution is -2.43. The lowest BCUT2D eigenvalue weighted by molar-refractivity contribution is 0.0694. The molecule has 2 heteroatoms. The second kappa shape index (κ2) is 5.66. The summed E-state index contributed by atoms with van der Waals surface area (Å²) in [5.74, 6) is 0.348. The van der Waals surface area contributed by atoms with Gasteiger partial charge in [-0.1, -0.05) is 31.4 Å². The Kier molecular flexibility index (Phi) is 4.21. The molecule has 2 rings (SSSR count). The summed E-state index contributed by atoms with van der Waals surface area (Å²) in [6.45, 7) is 0. The van der Waals surface area contributed by atoms with Gasteiger partial charge in [0, 0.05) is 12.0 Å². The van der Waals surface area contributed by atoms with Crippen LogP contribution in [0.25, 0.3) is 0 Å². The van der Waals surface area contributed by atoms with E-state index >= 15 is 0 Å². The van der Waals surface area contributed by atoms with Gasteiger partial charge < -0.3 is 5.11 Å². The van der Waals surface area contributed by atoms with E-state index in [4.69, 9.17) is 0 Å². The maximum atomic E-state index is 10.1. The molecule has 1 saturated carbocycles.